The van der Waals surface area contributed by atoms with E-state index in [9.17, 15) is 14.4 Å². The molecule has 0 saturated carbocycles. The van der Waals surface area contributed by atoms with Gasteiger partial charge < -0.3 is 15.8 Å². The highest BCUT2D eigenvalue weighted by Gasteiger charge is 2.63. The molecule has 2 heterocycles. The number of nitrogens with one attached hydrogen (secondary N) is 1. The molecule has 8 heteroatoms. The first-order valence-corrected chi connectivity index (χ1v) is 11.9. The number of allylic oxidation sites excluding steroid dienone is 1. The monoisotopic (exact) mass is 491 g/mol. The van der Waals surface area contributed by atoms with Crippen molar-refractivity contribution in [3.63, 3.8) is 0 Å². The van der Waals surface area contributed by atoms with E-state index in [4.69, 9.17) is 22.1 Å². The van der Waals surface area contributed by atoms with Gasteiger partial charge in [-0.2, -0.15) is 0 Å². The smallest absolute Gasteiger partial charge is 0.339 e. The second-order valence-corrected chi connectivity index (χ2v) is 10.2. The predicted molar refractivity (Wildman–Crippen MR) is 134 cm³/mol. The zero-order valence-electron chi connectivity index (χ0n) is 19.8. The van der Waals surface area contributed by atoms with E-state index < -0.39 is 17.3 Å². The van der Waals surface area contributed by atoms with Crippen LogP contribution in [0, 0.1) is 5.41 Å². The molecule has 1 atom stereocenters. The summed E-state index contributed by atoms with van der Waals surface area (Å²) in [5.74, 6) is -1.43. The molecule has 0 radical (unpaired) electrons. The fourth-order valence-corrected chi connectivity index (χ4v) is 5.75. The van der Waals surface area contributed by atoms with E-state index in [0.29, 0.717) is 34.1 Å². The third kappa shape index (κ3) is 3.29. The number of hydrogen-bond acceptors (Lipinski definition) is 6. The fourth-order valence-electron chi connectivity index (χ4n) is 5.58. The van der Waals surface area contributed by atoms with Gasteiger partial charge in [0.25, 0.3) is 0 Å². The maximum atomic E-state index is 13.9. The second-order valence-electron chi connectivity index (χ2n) is 9.81. The van der Waals surface area contributed by atoms with Gasteiger partial charge in [0.05, 0.1) is 6.61 Å². The maximum Gasteiger partial charge on any atom is 0.339 e. The number of anilines is 2. The van der Waals surface area contributed by atoms with Crippen molar-refractivity contribution in [2.24, 2.45) is 11.1 Å². The van der Waals surface area contributed by atoms with Crippen molar-refractivity contribution in [1.82, 2.24) is 0 Å². The third-order valence-electron chi connectivity index (χ3n) is 6.84. The van der Waals surface area contributed by atoms with Crippen LogP contribution in [0.15, 0.2) is 71.2 Å². The largest absolute Gasteiger partial charge is 0.462 e. The summed E-state index contributed by atoms with van der Waals surface area (Å²) in [7, 11) is 0. The van der Waals surface area contributed by atoms with Crippen LogP contribution in [-0.2, 0) is 24.5 Å². The van der Waals surface area contributed by atoms with Gasteiger partial charge in [-0.3, -0.25) is 14.5 Å². The standard InChI is InChI=1S/C27H26ClN3O4/c1-4-35-24(33)22-23(29)31(16-8-6-5-7-9-16)19-13-26(2,3)14-20(32)21(19)27(22)17-12-15(28)10-11-18(17)30-25(27)34/h5-12H,4,13-14,29H2,1-3H3,(H,30,34). The number of esters is 1. The van der Waals surface area contributed by atoms with E-state index in [1.165, 1.54) is 0 Å². The predicted octanol–water partition coefficient (Wildman–Crippen LogP) is 4.43. The number of rotatable bonds is 3. The number of benzene rings is 2. The van der Waals surface area contributed by atoms with Crippen LogP contribution in [0.25, 0.3) is 0 Å². The highest BCUT2D eigenvalue weighted by molar-refractivity contribution is 6.31. The number of carbonyl (C=O) groups excluding carboxylic acids is 3. The lowest BCUT2D eigenvalue weighted by Crippen LogP contribution is -2.54. The van der Waals surface area contributed by atoms with Crippen molar-refractivity contribution in [3.05, 3.63) is 81.8 Å². The normalized spacial score (nSPS) is 22.8. The SMILES string of the molecule is CCOC(=O)C1=C(N)N(c2ccccc2)C2=C(C(=O)CC(C)(C)C2)C12C(=O)Nc1ccc(Cl)cc12. The molecule has 3 aliphatic rings. The van der Waals surface area contributed by atoms with Crippen LogP contribution in [0.5, 0.6) is 0 Å². The Kier molecular flexibility index (Phi) is 5.29. The van der Waals surface area contributed by atoms with E-state index in [0.717, 1.165) is 0 Å². The number of carbonyl (C=O) groups is 3. The van der Waals surface area contributed by atoms with Crippen LogP contribution < -0.4 is 16.0 Å². The van der Waals surface area contributed by atoms with Gasteiger partial charge in [-0.15, -0.1) is 0 Å². The molecule has 180 valence electrons. The minimum absolute atomic E-state index is 0.0573. The molecule has 0 saturated heterocycles. The van der Waals surface area contributed by atoms with Crippen LogP contribution in [0.2, 0.25) is 5.02 Å². The van der Waals surface area contributed by atoms with Crippen molar-refractivity contribution in [1.29, 1.82) is 0 Å². The van der Waals surface area contributed by atoms with Crippen molar-refractivity contribution >= 4 is 40.6 Å². The summed E-state index contributed by atoms with van der Waals surface area (Å²) in [5, 5.41) is 3.23. The first kappa shape index (κ1) is 23.2. The molecule has 7 nitrogen and oxygen atoms in total. The van der Waals surface area contributed by atoms with Gasteiger partial charge in [-0.05, 0) is 49.1 Å². The summed E-state index contributed by atoms with van der Waals surface area (Å²) in [6.45, 7) is 5.77. The number of ether oxygens (including phenoxy) is 1. The Balaban J connectivity index is 1.93. The quantitative estimate of drug-likeness (QED) is 0.616. The van der Waals surface area contributed by atoms with Gasteiger partial charge in [0, 0.05) is 39.7 Å². The van der Waals surface area contributed by atoms with E-state index in [1.807, 2.05) is 44.2 Å². The number of nitrogens with zero attached hydrogens (tertiary/aromatic N) is 1. The Morgan fingerprint density at radius 1 is 1.14 bits per heavy atom. The van der Waals surface area contributed by atoms with Crippen molar-refractivity contribution in [2.75, 3.05) is 16.8 Å². The highest BCUT2D eigenvalue weighted by atomic mass is 35.5. The molecule has 2 aromatic carbocycles. The Hall–Kier alpha value is -3.58. The van der Waals surface area contributed by atoms with Crippen LogP contribution >= 0.6 is 11.6 Å². The topological polar surface area (TPSA) is 102 Å². The zero-order chi connectivity index (χ0) is 25.1. The fraction of sp³-hybridized carbons (Fsp3) is 0.296. The van der Waals surface area contributed by atoms with E-state index >= 15 is 0 Å². The number of Topliss-reactive ketones (excluding diaryl/α,β-unsaturated/α-hetero) is 1. The van der Waals surface area contributed by atoms with E-state index in [-0.39, 0.29) is 41.2 Å². The molecule has 3 N–H and O–H groups in total. The first-order chi connectivity index (χ1) is 16.6. The molecule has 1 spiro atoms. The summed E-state index contributed by atoms with van der Waals surface area (Å²) in [6, 6.07) is 14.2. The highest BCUT2D eigenvalue weighted by Crippen LogP contribution is 2.57. The third-order valence-corrected chi connectivity index (χ3v) is 7.07. The molecule has 2 aromatic rings. The molecule has 5 rings (SSSR count). The summed E-state index contributed by atoms with van der Waals surface area (Å²) in [4.78, 5) is 43.2. The summed E-state index contributed by atoms with van der Waals surface area (Å²) in [5.41, 5.74) is 7.01. The molecule has 1 aliphatic carbocycles. The van der Waals surface area contributed by atoms with Crippen molar-refractivity contribution in [2.45, 2.75) is 39.0 Å². The Labute approximate surface area is 208 Å². The molecule has 0 aromatic heterocycles. The summed E-state index contributed by atoms with van der Waals surface area (Å²) in [6.07, 6.45) is 0.695. The molecular formula is C27H26ClN3O4. The van der Waals surface area contributed by atoms with Crippen LogP contribution in [0.4, 0.5) is 11.4 Å². The Morgan fingerprint density at radius 3 is 2.54 bits per heavy atom. The molecule has 1 amide bonds. The summed E-state index contributed by atoms with van der Waals surface area (Å²) < 4.78 is 5.42. The minimum Gasteiger partial charge on any atom is -0.462 e. The van der Waals surface area contributed by atoms with Gasteiger partial charge in [0.15, 0.2) is 5.78 Å². The lowest BCUT2D eigenvalue weighted by Gasteiger charge is -2.47. The molecule has 2 aliphatic heterocycles. The van der Waals surface area contributed by atoms with Gasteiger partial charge in [-0.1, -0.05) is 43.6 Å². The second kappa shape index (κ2) is 7.99. The lowest BCUT2D eigenvalue weighted by atomic mass is 9.60. The van der Waals surface area contributed by atoms with Gasteiger partial charge in [-0.25, -0.2) is 4.79 Å². The maximum absolute atomic E-state index is 13.9. The molecule has 35 heavy (non-hydrogen) atoms. The minimum atomic E-state index is -1.76. The summed E-state index contributed by atoms with van der Waals surface area (Å²) >= 11 is 6.37. The van der Waals surface area contributed by atoms with Crippen molar-refractivity contribution < 1.29 is 19.1 Å². The number of halogens is 1. The Bertz CT molecular complexity index is 1350. The number of para-hydroxylation sites is 1. The number of amides is 1. The Morgan fingerprint density at radius 2 is 1.86 bits per heavy atom. The first-order valence-electron chi connectivity index (χ1n) is 11.5. The molecular weight excluding hydrogens is 466 g/mol. The van der Waals surface area contributed by atoms with Crippen molar-refractivity contribution in [3.8, 4) is 0 Å². The number of fused-ring (bicyclic) bond motifs is 3. The van der Waals surface area contributed by atoms with Crippen LogP contribution in [-0.4, -0.2) is 24.3 Å². The van der Waals surface area contributed by atoms with Gasteiger partial charge in [0.2, 0.25) is 5.91 Å². The number of ketones is 1. The van der Waals surface area contributed by atoms with Gasteiger partial charge in [0.1, 0.15) is 16.8 Å². The molecule has 0 bridgehead atoms. The van der Waals surface area contributed by atoms with Gasteiger partial charge >= 0.3 is 5.97 Å². The van der Waals surface area contributed by atoms with E-state index in [1.54, 1.807) is 30.0 Å². The molecule has 0 fully saturated rings. The average molecular weight is 492 g/mol. The van der Waals surface area contributed by atoms with Crippen LogP contribution in [0.1, 0.15) is 39.2 Å². The molecule has 1 unspecified atom stereocenters. The van der Waals surface area contributed by atoms with Crippen LogP contribution in [0.3, 0.4) is 0 Å². The number of nitrogens with two attached hydrogens (primary N) is 1. The average Bonchev–Trinajstić information content (AvgIpc) is 3.05. The number of hydrogen-bond donors (Lipinski definition) is 2. The zero-order valence-corrected chi connectivity index (χ0v) is 20.5. The van der Waals surface area contributed by atoms with E-state index in [2.05, 4.69) is 5.32 Å². The lowest BCUT2D eigenvalue weighted by molar-refractivity contribution is -0.140.